The van der Waals surface area contributed by atoms with Gasteiger partial charge in [0.2, 0.25) is 0 Å². The van der Waals surface area contributed by atoms with Crippen molar-refractivity contribution in [2.45, 2.75) is 19.8 Å². The zero-order valence-electron chi connectivity index (χ0n) is 11.4. The van der Waals surface area contributed by atoms with Crippen molar-refractivity contribution in [1.82, 2.24) is 0 Å². The van der Waals surface area contributed by atoms with Gasteiger partial charge in [0, 0.05) is 17.5 Å². The number of hydrogen-bond donors (Lipinski definition) is 1. The smallest absolute Gasteiger partial charge is 0.303 e. The monoisotopic (exact) mass is 264 g/mol. The molecule has 0 radical (unpaired) electrons. The highest BCUT2D eigenvalue weighted by Crippen LogP contribution is 2.07. The topological polar surface area (TPSA) is 37.3 Å². The van der Waals surface area contributed by atoms with Crippen LogP contribution < -0.4 is 0 Å². The molecule has 0 saturated heterocycles. The zero-order valence-corrected chi connectivity index (χ0v) is 11.4. The standard InChI is InChI=1S/C18H16O2/c1-14-2-4-15(5-3-14)6-7-16-8-10-17(11-9-16)12-13-18(19)20/h2-5,8-11H,12-13H2,1H3,(H,19,20). The minimum Gasteiger partial charge on any atom is -0.481 e. The van der Waals surface area contributed by atoms with Gasteiger partial charge >= 0.3 is 5.97 Å². The van der Waals surface area contributed by atoms with E-state index in [1.807, 2.05) is 55.5 Å². The molecule has 2 rings (SSSR count). The van der Waals surface area contributed by atoms with Gasteiger partial charge in [-0.15, -0.1) is 0 Å². The van der Waals surface area contributed by atoms with E-state index in [1.165, 1.54) is 5.56 Å². The van der Waals surface area contributed by atoms with Crippen LogP contribution in [0, 0.1) is 18.8 Å². The van der Waals surface area contributed by atoms with E-state index in [-0.39, 0.29) is 6.42 Å². The van der Waals surface area contributed by atoms with Gasteiger partial charge in [0.1, 0.15) is 0 Å². The lowest BCUT2D eigenvalue weighted by molar-refractivity contribution is -0.136. The summed E-state index contributed by atoms with van der Waals surface area (Å²) < 4.78 is 0. The molecular weight excluding hydrogens is 248 g/mol. The van der Waals surface area contributed by atoms with Crippen molar-refractivity contribution in [3.05, 3.63) is 70.8 Å². The first-order valence-electron chi connectivity index (χ1n) is 6.53. The molecule has 0 aliphatic carbocycles. The van der Waals surface area contributed by atoms with Crippen LogP contribution in [-0.4, -0.2) is 11.1 Å². The van der Waals surface area contributed by atoms with E-state index in [9.17, 15) is 4.79 Å². The zero-order chi connectivity index (χ0) is 14.4. The number of hydrogen-bond acceptors (Lipinski definition) is 1. The second-order valence-corrected chi connectivity index (χ2v) is 4.71. The van der Waals surface area contributed by atoms with Crippen molar-refractivity contribution < 1.29 is 9.90 Å². The summed E-state index contributed by atoms with van der Waals surface area (Å²) in [7, 11) is 0. The normalized spacial score (nSPS) is 9.65. The van der Waals surface area contributed by atoms with Crippen molar-refractivity contribution in [3.8, 4) is 11.8 Å². The van der Waals surface area contributed by atoms with Gasteiger partial charge in [0.25, 0.3) is 0 Å². The van der Waals surface area contributed by atoms with Crippen LogP contribution in [0.3, 0.4) is 0 Å². The molecule has 0 aliphatic heterocycles. The molecule has 0 saturated carbocycles. The van der Waals surface area contributed by atoms with Gasteiger partial charge in [-0.2, -0.15) is 0 Å². The van der Waals surface area contributed by atoms with E-state index in [0.717, 1.165) is 16.7 Å². The van der Waals surface area contributed by atoms with Gasteiger partial charge < -0.3 is 5.11 Å². The second-order valence-electron chi connectivity index (χ2n) is 4.71. The Morgan fingerprint density at radius 1 is 0.950 bits per heavy atom. The van der Waals surface area contributed by atoms with E-state index < -0.39 is 5.97 Å². The summed E-state index contributed by atoms with van der Waals surface area (Å²) in [6, 6.07) is 15.8. The lowest BCUT2D eigenvalue weighted by Gasteiger charge is -1.98. The first-order valence-corrected chi connectivity index (χ1v) is 6.53. The lowest BCUT2D eigenvalue weighted by atomic mass is 10.1. The van der Waals surface area contributed by atoms with Crippen LogP contribution in [0.1, 0.15) is 28.7 Å². The van der Waals surface area contributed by atoms with Gasteiger partial charge in [0.15, 0.2) is 0 Å². The third kappa shape index (κ3) is 4.29. The van der Waals surface area contributed by atoms with Crippen LogP contribution in [0.15, 0.2) is 48.5 Å². The summed E-state index contributed by atoms with van der Waals surface area (Å²) >= 11 is 0. The molecule has 0 unspecified atom stereocenters. The van der Waals surface area contributed by atoms with Gasteiger partial charge in [-0.3, -0.25) is 4.79 Å². The lowest BCUT2D eigenvalue weighted by Crippen LogP contribution is -1.97. The van der Waals surface area contributed by atoms with Gasteiger partial charge in [-0.25, -0.2) is 0 Å². The Balaban J connectivity index is 2.04. The number of aryl methyl sites for hydroxylation is 2. The van der Waals surface area contributed by atoms with Gasteiger partial charge in [-0.1, -0.05) is 41.7 Å². The second kappa shape index (κ2) is 6.58. The highest BCUT2D eigenvalue weighted by atomic mass is 16.4. The molecule has 0 fully saturated rings. The molecule has 100 valence electrons. The summed E-state index contributed by atoms with van der Waals surface area (Å²) in [4.78, 5) is 10.5. The summed E-state index contributed by atoms with van der Waals surface area (Å²) in [6.45, 7) is 2.05. The number of benzene rings is 2. The Kier molecular flexibility index (Phi) is 4.57. The Hall–Kier alpha value is -2.53. The van der Waals surface area contributed by atoms with Crippen molar-refractivity contribution in [2.75, 3.05) is 0 Å². The average Bonchev–Trinajstić information content (AvgIpc) is 2.45. The fourth-order valence-corrected chi connectivity index (χ4v) is 1.79. The molecule has 0 aliphatic rings. The Morgan fingerprint density at radius 3 is 1.95 bits per heavy atom. The molecular formula is C18H16O2. The molecule has 0 heterocycles. The maximum atomic E-state index is 10.5. The molecule has 0 aromatic heterocycles. The Labute approximate surface area is 119 Å². The Morgan fingerprint density at radius 2 is 1.45 bits per heavy atom. The number of rotatable bonds is 3. The third-order valence-corrected chi connectivity index (χ3v) is 2.98. The van der Waals surface area contributed by atoms with Gasteiger partial charge in [-0.05, 0) is 43.2 Å². The summed E-state index contributed by atoms with van der Waals surface area (Å²) in [5, 5.41) is 8.64. The van der Waals surface area contributed by atoms with E-state index in [1.54, 1.807) is 0 Å². The molecule has 0 bridgehead atoms. The van der Waals surface area contributed by atoms with Crippen LogP contribution in [0.25, 0.3) is 0 Å². The van der Waals surface area contributed by atoms with Crippen molar-refractivity contribution in [1.29, 1.82) is 0 Å². The average molecular weight is 264 g/mol. The van der Waals surface area contributed by atoms with Crippen molar-refractivity contribution >= 4 is 5.97 Å². The summed E-state index contributed by atoms with van der Waals surface area (Å²) in [5.74, 6) is 5.45. The van der Waals surface area contributed by atoms with Crippen LogP contribution in [0.2, 0.25) is 0 Å². The number of carboxylic acids is 1. The summed E-state index contributed by atoms with van der Waals surface area (Å²) in [6.07, 6.45) is 0.718. The molecule has 20 heavy (non-hydrogen) atoms. The van der Waals surface area contributed by atoms with Crippen molar-refractivity contribution in [3.63, 3.8) is 0 Å². The van der Waals surface area contributed by atoms with Crippen LogP contribution in [0.5, 0.6) is 0 Å². The quantitative estimate of drug-likeness (QED) is 0.863. The number of aliphatic carboxylic acids is 1. The first-order chi connectivity index (χ1) is 9.63. The van der Waals surface area contributed by atoms with Gasteiger partial charge in [0.05, 0.1) is 0 Å². The SMILES string of the molecule is Cc1ccc(C#Cc2ccc(CCC(=O)O)cc2)cc1. The van der Waals surface area contributed by atoms with Crippen molar-refractivity contribution in [2.24, 2.45) is 0 Å². The molecule has 2 nitrogen and oxygen atoms in total. The van der Waals surface area contributed by atoms with Crippen LogP contribution >= 0.6 is 0 Å². The largest absolute Gasteiger partial charge is 0.481 e. The maximum absolute atomic E-state index is 10.5. The molecule has 2 aromatic carbocycles. The van der Waals surface area contributed by atoms with E-state index in [4.69, 9.17) is 5.11 Å². The highest BCUT2D eigenvalue weighted by molar-refractivity contribution is 5.67. The summed E-state index contributed by atoms with van der Waals surface area (Å²) in [5.41, 5.74) is 4.17. The van der Waals surface area contributed by atoms with E-state index in [2.05, 4.69) is 11.8 Å². The first kappa shape index (κ1) is 13.9. The predicted molar refractivity (Wildman–Crippen MR) is 79.6 cm³/mol. The number of carboxylic acid groups (broad SMARTS) is 1. The maximum Gasteiger partial charge on any atom is 0.303 e. The minimum absolute atomic E-state index is 0.161. The fourth-order valence-electron chi connectivity index (χ4n) is 1.79. The fraction of sp³-hybridized carbons (Fsp3) is 0.167. The predicted octanol–water partition coefficient (Wildman–Crippen LogP) is 3.41. The van der Waals surface area contributed by atoms with E-state index in [0.29, 0.717) is 6.42 Å². The third-order valence-electron chi connectivity index (χ3n) is 2.98. The molecule has 2 aromatic rings. The molecule has 0 amide bonds. The molecule has 0 atom stereocenters. The highest BCUT2D eigenvalue weighted by Gasteiger charge is 1.98. The molecule has 2 heteroatoms. The minimum atomic E-state index is -0.770. The van der Waals surface area contributed by atoms with E-state index >= 15 is 0 Å². The molecule has 0 spiro atoms. The van der Waals surface area contributed by atoms with Crippen LogP contribution in [0.4, 0.5) is 0 Å². The Bertz CT molecular complexity index is 641. The van der Waals surface area contributed by atoms with Crippen LogP contribution in [-0.2, 0) is 11.2 Å². The molecule has 1 N–H and O–H groups in total. The number of carbonyl (C=O) groups is 1.